The summed E-state index contributed by atoms with van der Waals surface area (Å²) in [6.07, 6.45) is 9.21. The highest BCUT2D eigenvalue weighted by atomic mass is 16.1. The van der Waals surface area contributed by atoms with Crippen molar-refractivity contribution in [1.29, 1.82) is 0 Å². The van der Waals surface area contributed by atoms with Crippen LogP contribution in [-0.4, -0.2) is 25.9 Å². The number of rotatable bonds is 5. The predicted molar refractivity (Wildman–Crippen MR) is 96.6 cm³/mol. The van der Waals surface area contributed by atoms with Crippen molar-refractivity contribution in [2.24, 2.45) is 0 Å². The SMILES string of the molecule is O=C(CCCn1c(=O)c2cccn2c2cccnc21)NC1CCCC1. The second-order valence-corrected chi connectivity index (χ2v) is 6.72. The molecule has 0 aliphatic heterocycles. The van der Waals surface area contributed by atoms with E-state index in [1.54, 1.807) is 10.8 Å². The standard InChI is InChI=1S/C19H22N4O2/c24-17(21-14-6-1-2-7-14)10-5-13-23-18-15(8-3-11-20-18)22-12-4-9-16(22)19(23)25/h3-4,8-9,11-12,14H,1-2,5-7,10,13H2,(H,21,24). The average Bonchev–Trinajstić information content (AvgIpc) is 3.29. The van der Waals surface area contributed by atoms with Gasteiger partial charge in [-0.25, -0.2) is 4.98 Å². The van der Waals surface area contributed by atoms with Gasteiger partial charge in [-0.2, -0.15) is 0 Å². The fraction of sp³-hybridized carbons (Fsp3) is 0.421. The van der Waals surface area contributed by atoms with Crippen molar-refractivity contribution in [2.45, 2.75) is 51.1 Å². The predicted octanol–water partition coefficient (Wildman–Crippen LogP) is 2.49. The van der Waals surface area contributed by atoms with Gasteiger partial charge in [0, 0.05) is 31.4 Å². The number of aromatic nitrogens is 3. The zero-order valence-corrected chi connectivity index (χ0v) is 14.1. The number of pyridine rings is 1. The van der Waals surface area contributed by atoms with E-state index in [9.17, 15) is 9.59 Å². The van der Waals surface area contributed by atoms with Gasteiger partial charge in [0.15, 0.2) is 5.65 Å². The first-order chi connectivity index (χ1) is 12.2. The number of hydrogen-bond donors (Lipinski definition) is 1. The number of nitrogens with zero attached hydrogens (tertiary/aromatic N) is 3. The van der Waals surface area contributed by atoms with Gasteiger partial charge in [-0.3, -0.25) is 14.2 Å². The van der Waals surface area contributed by atoms with E-state index in [0.29, 0.717) is 36.6 Å². The molecule has 130 valence electrons. The van der Waals surface area contributed by atoms with Crippen molar-refractivity contribution in [3.05, 3.63) is 47.0 Å². The molecule has 1 aliphatic carbocycles. The van der Waals surface area contributed by atoms with Gasteiger partial charge in [-0.05, 0) is 43.5 Å². The molecular weight excluding hydrogens is 316 g/mol. The molecule has 0 radical (unpaired) electrons. The number of fused-ring (bicyclic) bond motifs is 3. The zero-order valence-electron chi connectivity index (χ0n) is 14.1. The maximum absolute atomic E-state index is 12.8. The van der Waals surface area contributed by atoms with E-state index in [1.807, 2.05) is 34.9 Å². The molecule has 6 nitrogen and oxygen atoms in total. The van der Waals surface area contributed by atoms with Crippen LogP contribution in [0.1, 0.15) is 38.5 Å². The van der Waals surface area contributed by atoms with Crippen LogP contribution in [0.25, 0.3) is 16.7 Å². The first kappa shape index (κ1) is 15.9. The van der Waals surface area contributed by atoms with Crippen LogP contribution in [0.5, 0.6) is 0 Å². The molecule has 6 heteroatoms. The van der Waals surface area contributed by atoms with Crippen molar-refractivity contribution in [3.8, 4) is 0 Å². The van der Waals surface area contributed by atoms with E-state index in [2.05, 4.69) is 10.3 Å². The van der Waals surface area contributed by atoms with Crippen molar-refractivity contribution in [2.75, 3.05) is 0 Å². The minimum atomic E-state index is -0.0626. The topological polar surface area (TPSA) is 68.4 Å². The van der Waals surface area contributed by atoms with E-state index < -0.39 is 0 Å². The Kier molecular flexibility index (Phi) is 4.26. The molecule has 25 heavy (non-hydrogen) atoms. The van der Waals surface area contributed by atoms with Crippen molar-refractivity contribution in [1.82, 2.24) is 19.3 Å². The molecule has 1 saturated carbocycles. The largest absolute Gasteiger partial charge is 0.353 e. The summed E-state index contributed by atoms with van der Waals surface area (Å²) in [5.41, 5.74) is 2.13. The normalized spacial score (nSPS) is 15.2. The van der Waals surface area contributed by atoms with E-state index >= 15 is 0 Å². The smallest absolute Gasteiger partial charge is 0.276 e. The molecule has 0 spiro atoms. The second-order valence-electron chi connectivity index (χ2n) is 6.72. The van der Waals surface area contributed by atoms with Gasteiger partial charge in [0.05, 0.1) is 5.52 Å². The molecule has 3 heterocycles. The second kappa shape index (κ2) is 6.70. The van der Waals surface area contributed by atoms with Crippen LogP contribution in [0, 0.1) is 0 Å². The van der Waals surface area contributed by atoms with Crippen molar-refractivity contribution in [3.63, 3.8) is 0 Å². The van der Waals surface area contributed by atoms with E-state index in [-0.39, 0.29) is 11.5 Å². The quantitative estimate of drug-likeness (QED) is 0.777. The minimum absolute atomic E-state index is 0.0626. The zero-order chi connectivity index (χ0) is 17.2. The van der Waals surface area contributed by atoms with Crippen molar-refractivity contribution < 1.29 is 4.79 Å². The molecule has 1 amide bonds. The molecule has 1 fully saturated rings. The van der Waals surface area contributed by atoms with Gasteiger partial charge in [0.25, 0.3) is 5.56 Å². The van der Waals surface area contributed by atoms with Crippen LogP contribution in [0.15, 0.2) is 41.5 Å². The van der Waals surface area contributed by atoms with Gasteiger partial charge >= 0.3 is 0 Å². The van der Waals surface area contributed by atoms with Gasteiger partial charge < -0.3 is 9.72 Å². The molecule has 1 aliphatic rings. The third-order valence-electron chi connectivity index (χ3n) is 5.00. The molecule has 0 unspecified atom stereocenters. The first-order valence-electron chi connectivity index (χ1n) is 8.98. The highest BCUT2D eigenvalue weighted by Gasteiger charge is 2.17. The Morgan fingerprint density at radius 2 is 2.00 bits per heavy atom. The average molecular weight is 338 g/mol. The summed E-state index contributed by atoms with van der Waals surface area (Å²) in [5, 5.41) is 3.10. The summed E-state index contributed by atoms with van der Waals surface area (Å²) in [7, 11) is 0. The number of hydrogen-bond acceptors (Lipinski definition) is 3. The summed E-state index contributed by atoms with van der Waals surface area (Å²) in [5.74, 6) is 0.0842. The number of amides is 1. The molecule has 0 aromatic carbocycles. The first-order valence-corrected chi connectivity index (χ1v) is 8.98. The van der Waals surface area contributed by atoms with E-state index in [4.69, 9.17) is 0 Å². The minimum Gasteiger partial charge on any atom is -0.353 e. The lowest BCUT2D eigenvalue weighted by atomic mass is 10.2. The lowest BCUT2D eigenvalue weighted by molar-refractivity contribution is -0.121. The Balaban J connectivity index is 1.53. The summed E-state index contributed by atoms with van der Waals surface area (Å²) >= 11 is 0. The Bertz CT molecular complexity index is 966. The maximum Gasteiger partial charge on any atom is 0.276 e. The van der Waals surface area contributed by atoms with E-state index in [1.165, 1.54) is 12.8 Å². The number of nitrogens with one attached hydrogen (secondary N) is 1. The number of aryl methyl sites for hydroxylation is 1. The fourth-order valence-electron chi connectivity index (χ4n) is 3.76. The summed E-state index contributed by atoms with van der Waals surface area (Å²) in [6.45, 7) is 0.492. The van der Waals surface area contributed by atoms with Gasteiger partial charge in [-0.15, -0.1) is 0 Å². The van der Waals surface area contributed by atoms with Crippen molar-refractivity contribution >= 4 is 22.6 Å². The van der Waals surface area contributed by atoms with Crippen LogP contribution in [0.4, 0.5) is 0 Å². The maximum atomic E-state index is 12.8. The molecular formula is C19H22N4O2. The third-order valence-corrected chi connectivity index (χ3v) is 5.00. The lowest BCUT2D eigenvalue weighted by Crippen LogP contribution is -2.32. The number of carbonyl (C=O) groups is 1. The highest BCUT2D eigenvalue weighted by Crippen LogP contribution is 2.18. The van der Waals surface area contributed by atoms with Crippen LogP contribution < -0.4 is 10.9 Å². The summed E-state index contributed by atoms with van der Waals surface area (Å²) < 4.78 is 3.56. The number of carbonyl (C=O) groups excluding carboxylic acids is 1. The van der Waals surface area contributed by atoms with Gasteiger partial charge in [0.1, 0.15) is 5.52 Å². The Hall–Kier alpha value is -2.63. The van der Waals surface area contributed by atoms with Crippen LogP contribution in [-0.2, 0) is 11.3 Å². The van der Waals surface area contributed by atoms with E-state index in [0.717, 1.165) is 18.4 Å². The molecule has 4 rings (SSSR count). The highest BCUT2D eigenvalue weighted by molar-refractivity contribution is 5.76. The third kappa shape index (κ3) is 3.04. The molecule has 3 aromatic rings. The molecule has 3 aromatic heterocycles. The Morgan fingerprint density at radius 3 is 2.84 bits per heavy atom. The van der Waals surface area contributed by atoms with Crippen LogP contribution in [0.3, 0.4) is 0 Å². The Morgan fingerprint density at radius 1 is 1.20 bits per heavy atom. The van der Waals surface area contributed by atoms with Gasteiger partial charge in [0.2, 0.25) is 5.91 Å². The molecule has 1 N–H and O–H groups in total. The summed E-state index contributed by atoms with van der Waals surface area (Å²) in [4.78, 5) is 29.2. The Labute approximate surface area is 145 Å². The summed E-state index contributed by atoms with van der Waals surface area (Å²) in [6, 6.07) is 7.85. The molecule has 0 atom stereocenters. The molecule has 0 bridgehead atoms. The molecule has 0 saturated heterocycles. The fourth-order valence-corrected chi connectivity index (χ4v) is 3.76. The monoisotopic (exact) mass is 338 g/mol. The van der Waals surface area contributed by atoms with Crippen LogP contribution >= 0.6 is 0 Å². The lowest BCUT2D eigenvalue weighted by Gasteiger charge is -2.13. The van der Waals surface area contributed by atoms with Crippen LogP contribution in [0.2, 0.25) is 0 Å². The van der Waals surface area contributed by atoms with Gasteiger partial charge in [-0.1, -0.05) is 12.8 Å².